The molecule has 0 spiro atoms. The Morgan fingerprint density at radius 3 is 2.26 bits per heavy atom. The van der Waals surface area contributed by atoms with E-state index in [0.717, 1.165) is 10.1 Å². The van der Waals surface area contributed by atoms with Gasteiger partial charge in [-0.25, -0.2) is 14.6 Å². The van der Waals surface area contributed by atoms with Gasteiger partial charge in [-0.1, -0.05) is 54.1 Å². The minimum Gasteiger partial charge on any atom is -0.423 e. The fourth-order valence-corrected chi connectivity index (χ4v) is 5.41. The molecule has 3 aromatic carbocycles. The number of rotatable bonds is 3. The third-order valence-corrected chi connectivity index (χ3v) is 7.29. The van der Waals surface area contributed by atoms with Crippen LogP contribution < -0.4 is 16.0 Å². The van der Waals surface area contributed by atoms with E-state index in [9.17, 15) is 19.2 Å². The molecule has 0 unspecified atom stereocenters. The summed E-state index contributed by atoms with van der Waals surface area (Å²) in [6.07, 6.45) is 0. The normalized spacial score (nSPS) is 17.3. The number of carbonyl (C=O) groups is 2. The Morgan fingerprint density at radius 1 is 0.842 bits per heavy atom. The molecule has 1 aromatic heterocycles. The Kier molecular flexibility index (Phi) is 5.34. The molecular formula is C30H23N3O5. The van der Waals surface area contributed by atoms with Gasteiger partial charge in [-0.3, -0.25) is 18.7 Å². The summed E-state index contributed by atoms with van der Waals surface area (Å²) >= 11 is 0. The molecule has 8 heteroatoms. The van der Waals surface area contributed by atoms with E-state index in [1.54, 1.807) is 61.6 Å². The summed E-state index contributed by atoms with van der Waals surface area (Å²) < 4.78 is 7.94. The zero-order chi connectivity index (χ0) is 26.7. The van der Waals surface area contributed by atoms with Crippen molar-refractivity contribution in [1.82, 2.24) is 9.13 Å². The van der Waals surface area contributed by atoms with Gasteiger partial charge in [0.05, 0.1) is 22.8 Å². The quantitative estimate of drug-likeness (QED) is 0.312. The van der Waals surface area contributed by atoms with Crippen molar-refractivity contribution in [1.29, 1.82) is 0 Å². The van der Waals surface area contributed by atoms with E-state index in [-0.39, 0.29) is 17.2 Å². The first-order valence-corrected chi connectivity index (χ1v) is 12.2. The lowest BCUT2D eigenvalue weighted by Gasteiger charge is -2.30. The molecule has 1 aliphatic heterocycles. The zero-order valence-electron chi connectivity index (χ0n) is 21.0. The fraction of sp³-hybridized carbons (Fsp3) is 0.167. The Balaban J connectivity index is 1.46. The smallest absolute Gasteiger partial charge is 0.343 e. The first-order valence-electron chi connectivity index (χ1n) is 12.2. The molecule has 188 valence electrons. The Hall–Kier alpha value is -4.85. The van der Waals surface area contributed by atoms with Crippen LogP contribution in [0.15, 0.2) is 87.4 Å². The van der Waals surface area contributed by atoms with Crippen LogP contribution in [0, 0.1) is 12.8 Å². The molecule has 8 nitrogen and oxygen atoms in total. The maximum absolute atomic E-state index is 13.6. The number of hydrogen-bond acceptors (Lipinski definition) is 6. The standard InChI is InChI=1S/C30H23N3O5/c1-16-7-6-8-18(15-16)29(36)38-19-13-11-17(12-14-19)22-23-25(20-9-4-5-10-21(20)26(23)34)31-27-24(22)28(35)33(3)30(37)32(27)2/h4-15,22-23H,1-3H3/t22-,23+/m0/s1. The third kappa shape index (κ3) is 3.48. The second-order valence-electron chi connectivity index (χ2n) is 9.63. The SMILES string of the molecule is Cc1cccc(C(=O)Oc2ccc([C@@H]3c4c(n(C)c(=O)n(C)c4=O)N=C4c5ccccc5C(=O)[C@@H]43)cc2)c1. The van der Waals surface area contributed by atoms with Crippen molar-refractivity contribution < 1.29 is 14.3 Å². The Morgan fingerprint density at radius 2 is 1.55 bits per heavy atom. The average Bonchev–Trinajstić information content (AvgIpc) is 3.21. The van der Waals surface area contributed by atoms with Gasteiger partial charge in [-0.2, -0.15) is 0 Å². The van der Waals surface area contributed by atoms with Gasteiger partial charge < -0.3 is 4.74 Å². The van der Waals surface area contributed by atoms with Crippen molar-refractivity contribution in [3.63, 3.8) is 0 Å². The van der Waals surface area contributed by atoms with Gasteiger partial charge in [0.1, 0.15) is 11.6 Å². The van der Waals surface area contributed by atoms with E-state index >= 15 is 0 Å². The van der Waals surface area contributed by atoms with Crippen LogP contribution in [-0.4, -0.2) is 26.6 Å². The predicted molar refractivity (Wildman–Crippen MR) is 142 cm³/mol. The predicted octanol–water partition coefficient (Wildman–Crippen LogP) is 3.69. The molecule has 0 saturated heterocycles. The molecular weight excluding hydrogens is 482 g/mol. The van der Waals surface area contributed by atoms with Crippen LogP contribution in [-0.2, 0) is 14.1 Å². The van der Waals surface area contributed by atoms with E-state index in [2.05, 4.69) is 0 Å². The van der Waals surface area contributed by atoms with Gasteiger partial charge in [0.15, 0.2) is 5.78 Å². The highest BCUT2D eigenvalue weighted by Gasteiger charge is 2.47. The number of aliphatic imine (C=N–C) groups is 1. The van der Waals surface area contributed by atoms with Crippen molar-refractivity contribution in [3.8, 4) is 5.75 Å². The van der Waals surface area contributed by atoms with E-state index in [1.165, 1.54) is 11.6 Å². The zero-order valence-corrected chi connectivity index (χ0v) is 21.0. The monoisotopic (exact) mass is 505 g/mol. The summed E-state index contributed by atoms with van der Waals surface area (Å²) in [7, 11) is 2.99. The molecule has 6 rings (SSSR count). The van der Waals surface area contributed by atoms with Gasteiger partial charge in [0.25, 0.3) is 5.56 Å². The second kappa shape index (κ2) is 8.62. The molecule has 0 fully saturated rings. The number of benzene rings is 3. The molecule has 2 aliphatic rings. The van der Waals surface area contributed by atoms with Gasteiger partial charge >= 0.3 is 11.7 Å². The molecule has 0 radical (unpaired) electrons. The van der Waals surface area contributed by atoms with E-state index in [0.29, 0.717) is 33.7 Å². The second-order valence-corrected chi connectivity index (χ2v) is 9.63. The number of ether oxygens (including phenoxy) is 1. The van der Waals surface area contributed by atoms with Crippen LogP contribution in [0.5, 0.6) is 5.75 Å². The van der Waals surface area contributed by atoms with Crippen molar-refractivity contribution in [2.24, 2.45) is 25.0 Å². The number of esters is 1. The third-order valence-electron chi connectivity index (χ3n) is 7.29. The summed E-state index contributed by atoms with van der Waals surface area (Å²) in [5.41, 5.74) is 3.15. The first-order chi connectivity index (χ1) is 18.3. The summed E-state index contributed by atoms with van der Waals surface area (Å²) in [6.45, 7) is 1.90. The molecule has 0 N–H and O–H groups in total. The van der Waals surface area contributed by atoms with Crippen molar-refractivity contribution >= 4 is 23.3 Å². The van der Waals surface area contributed by atoms with Crippen LogP contribution in [0.2, 0.25) is 0 Å². The van der Waals surface area contributed by atoms with Crippen molar-refractivity contribution in [2.75, 3.05) is 0 Å². The minimum absolute atomic E-state index is 0.124. The van der Waals surface area contributed by atoms with E-state index in [4.69, 9.17) is 9.73 Å². The average molecular weight is 506 g/mol. The highest BCUT2D eigenvalue weighted by atomic mass is 16.5. The number of aromatic nitrogens is 2. The maximum Gasteiger partial charge on any atom is 0.343 e. The Bertz CT molecular complexity index is 1810. The van der Waals surface area contributed by atoms with Gasteiger partial charge in [0, 0.05) is 31.1 Å². The summed E-state index contributed by atoms with van der Waals surface area (Å²) in [6, 6.07) is 21.1. The summed E-state index contributed by atoms with van der Waals surface area (Å²) in [4.78, 5) is 57.1. The first kappa shape index (κ1) is 23.5. The van der Waals surface area contributed by atoms with Gasteiger partial charge in [-0.15, -0.1) is 0 Å². The Labute approximate surface area is 217 Å². The van der Waals surface area contributed by atoms with E-state index < -0.39 is 29.1 Å². The number of ketones is 1. The molecule has 2 atom stereocenters. The lowest BCUT2D eigenvalue weighted by molar-refractivity contribution is 0.0734. The summed E-state index contributed by atoms with van der Waals surface area (Å²) in [5.74, 6) is -1.42. The highest BCUT2D eigenvalue weighted by molar-refractivity contribution is 6.30. The molecule has 2 heterocycles. The van der Waals surface area contributed by atoms with Crippen LogP contribution >= 0.6 is 0 Å². The number of carbonyl (C=O) groups excluding carboxylic acids is 2. The molecule has 0 saturated carbocycles. The van der Waals surface area contributed by atoms with Gasteiger partial charge in [-0.05, 0) is 36.8 Å². The molecule has 0 amide bonds. The minimum atomic E-state index is -0.717. The number of hydrogen-bond donors (Lipinski definition) is 0. The van der Waals surface area contributed by atoms with Crippen molar-refractivity contribution in [3.05, 3.63) is 127 Å². The van der Waals surface area contributed by atoms with Crippen LogP contribution in [0.25, 0.3) is 0 Å². The topological polar surface area (TPSA) is 99.7 Å². The van der Waals surface area contributed by atoms with E-state index in [1.807, 2.05) is 25.1 Å². The van der Waals surface area contributed by atoms with Gasteiger partial charge in [0.2, 0.25) is 0 Å². The lowest BCUT2D eigenvalue weighted by Crippen LogP contribution is -2.43. The number of aryl methyl sites for hydroxylation is 1. The van der Waals surface area contributed by atoms with Crippen molar-refractivity contribution in [2.45, 2.75) is 12.8 Å². The number of nitrogens with zero attached hydrogens (tertiary/aromatic N) is 3. The summed E-state index contributed by atoms with van der Waals surface area (Å²) in [5, 5.41) is 0. The fourth-order valence-electron chi connectivity index (χ4n) is 5.41. The molecule has 1 aliphatic carbocycles. The molecule has 0 bridgehead atoms. The largest absolute Gasteiger partial charge is 0.423 e. The molecule has 38 heavy (non-hydrogen) atoms. The van der Waals surface area contributed by atoms with Crippen LogP contribution in [0.1, 0.15) is 48.9 Å². The maximum atomic E-state index is 13.6. The number of Topliss-reactive ketones (excluding diaryl/α,β-unsaturated/α-hetero) is 1. The lowest BCUT2D eigenvalue weighted by atomic mass is 9.76. The van der Waals surface area contributed by atoms with Crippen LogP contribution in [0.3, 0.4) is 0 Å². The highest BCUT2D eigenvalue weighted by Crippen LogP contribution is 2.46. The molecule has 4 aromatic rings. The number of fused-ring (bicyclic) bond motifs is 4. The van der Waals surface area contributed by atoms with Crippen LogP contribution in [0.4, 0.5) is 5.82 Å².